The molecular formula is C16H19F3N6. The second-order valence-corrected chi connectivity index (χ2v) is 6.83. The number of hydrogen-bond donors (Lipinski definition) is 0. The van der Waals surface area contributed by atoms with Gasteiger partial charge in [0.2, 0.25) is 5.95 Å². The molecule has 0 radical (unpaired) electrons. The molecule has 0 aromatic carbocycles. The number of halogens is 3. The summed E-state index contributed by atoms with van der Waals surface area (Å²) in [7, 11) is 1.89. The summed E-state index contributed by atoms with van der Waals surface area (Å²) in [5, 5.41) is 4.19. The molecule has 1 spiro atoms. The van der Waals surface area contributed by atoms with Crippen LogP contribution in [0.3, 0.4) is 0 Å². The van der Waals surface area contributed by atoms with E-state index < -0.39 is 11.9 Å². The van der Waals surface area contributed by atoms with E-state index in [2.05, 4.69) is 20.0 Å². The Bertz CT molecular complexity index is 773. The summed E-state index contributed by atoms with van der Waals surface area (Å²) in [5.41, 5.74) is 0.266. The number of nitrogens with zero attached hydrogens (tertiary/aromatic N) is 6. The highest BCUT2D eigenvalue weighted by molar-refractivity contribution is 5.36. The van der Waals surface area contributed by atoms with Crippen molar-refractivity contribution in [3.63, 3.8) is 0 Å². The van der Waals surface area contributed by atoms with Crippen LogP contribution in [0.15, 0.2) is 24.7 Å². The second kappa shape index (κ2) is 5.69. The molecule has 2 aliphatic heterocycles. The maximum atomic E-state index is 12.9. The lowest BCUT2D eigenvalue weighted by molar-refractivity contribution is -0.141. The van der Waals surface area contributed by atoms with Crippen LogP contribution < -0.4 is 4.90 Å². The van der Waals surface area contributed by atoms with E-state index in [1.54, 1.807) is 4.68 Å². The highest BCUT2D eigenvalue weighted by Gasteiger charge is 2.49. The maximum absolute atomic E-state index is 12.9. The van der Waals surface area contributed by atoms with Crippen molar-refractivity contribution in [1.29, 1.82) is 0 Å². The van der Waals surface area contributed by atoms with Crippen LogP contribution in [0.1, 0.15) is 24.1 Å². The minimum atomic E-state index is -4.45. The molecule has 0 saturated carbocycles. The summed E-state index contributed by atoms with van der Waals surface area (Å²) in [4.78, 5) is 12.0. The molecule has 0 bridgehead atoms. The van der Waals surface area contributed by atoms with E-state index in [9.17, 15) is 13.2 Å². The van der Waals surface area contributed by atoms with E-state index in [4.69, 9.17) is 0 Å². The minimum Gasteiger partial charge on any atom is -0.339 e. The zero-order chi connectivity index (χ0) is 17.7. The fourth-order valence-electron chi connectivity index (χ4n) is 3.75. The first-order valence-corrected chi connectivity index (χ1v) is 8.24. The Labute approximate surface area is 143 Å². The van der Waals surface area contributed by atoms with Crippen LogP contribution in [0.5, 0.6) is 0 Å². The van der Waals surface area contributed by atoms with Crippen molar-refractivity contribution < 1.29 is 13.2 Å². The summed E-state index contributed by atoms with van der Waals surface area (Å²) in [6.07, 6.45) is 2.54. The monoisotopic (exact) mass is 352 g/mol. The number of aryl methyl sites for hydroxylation is 1. The second-order valence-electron chi connectivity index (χ2n) is 6.83. The first-order valence-electron chi connectivity index (χ1n) is 8.24. The third-order valence-corrected chi connectivity index (χ3v) is 5.20. The summed E-state index contributed by atoms with van der Waals surface area (Å²) in [6, 6.07) is 0.910. The SMILES string of the molecule is Cn1cc(CN2CC[C@@]23CCN(c2nccc(C(F)(F)F)n2)C3)cn1. The van der Waals surface area contributed by atoms with Crippen molar-refractivity contribution in [1.82, 2.24) is 24.6 Å². The molecule has 2 aliphatic rings. The predicted molar refractivity (Wildman–Crippen MR) is 84.8 cm³/mol. The van der Waals surface area contributed by atoms with Crippen LogP contribution in [0.25, 0.3) is 0 Å². The van der Waals surface area contributed by atoms with Crippen LogP contribution in [0, 0.1) is 0 Å². The maximum Gasteiger partial charge on any atom is 0.433 e. The van der Waals surface area contributed by atoms with Gasteiger partial charge < -0.3 is 4.90 Å². The van der Waals surface area contributed by atoms with Gasteiger partial charge in [-0.2, -0.15) is 18.3 Å². The molecule has 4 heterocycles. The Balaban J connectivity index is 1.48. The number of hydrogen-bond acceptors (Lipinski definition) is 5. The van der Waals surface area contributed by atoms with E-state index in [1.807, 2.05) is 24.3 Å². The van der Waals surface area contributed by atoms with E-state index in [1.165, 1.54) is 6.20 Å². The molecule has 0 unspecified atom stereocenters. The Morgan fingerprint density at radius 2 is 2.04 bits per heavy atom. The lowest BCUT2D eigenvalue weighted by atomic mass is 9.83. The van der Waals surface area contributed by atoms with Crippen LogP contribution in [-0.2, 0) is 19.8 Å². The summed E-state index contributed by atoms with van der Waals surface area (Å²) in [5.74, 6) is 0.167. The van der Waals surface area contributed by atoms with Gasteiger partial charge in [0.05, 0.1) is 6.20 Å². The Morgan fingerprint density at radius 1 is 1.24 bits per heavy atom. The molecule has 25 heavy (non-hydrogen) atoms. The third kappa shape index (κ3) is 2.97. The van der Waals surface area contributed by atoms with Gasteiger partial charge in [0.15, 0.2) is 0 Å². The lowest BCUT2D eigenvalue weighted by Crippen LogP contribution is -2.60. The van der Waals surface area contributed by atoms with Crippen molar-refractivity contribution >= 4 is 5.95 Å². The van der Waals surface area contributed by atoms with Gasteiger partial charge in [-0.05, 0) is 18.9 Å². The molecule has 2 fully saturated rings. The van der Waals surface area contributed by atoms with Crippen molar-refractivity contribution in [2.24, 2.45) is 7.05 Å². The van der Waals surface area contributed by atoms with Crippen LogP contribution >= 0.6 is 0 Å². The molecule has 2 aromatic heterocycles. The largest absolute Gasteiger partial charge is 0.433 e. The molecule has 0 amide bonds. The molecule has 6 nitrogen and oxygen atoms in total. The molecule has 2 saturated heterocycles. The molecule has 0 N–H and O–H groups in total. The third-order valence-electron chi connectivity index (χ3n) is 5.20. The summed E-state index contributed by atoms with van der Waals surface area (Å²) in [6.45, 7) is 3.14. The number of aromatic nitrogens is 4. The molecular weight excluding hydrogens is 333 g/mol. The van der Waals surface area contributed by atoms with Crippen LogP contribution in [-0.4, -0.2) is 49.8 Å². The van der Waals surface area contributed by atoms with Gasteiger partial charge in [0.1, 0.15) is 5.69 Å². The molecule has 9 heteroatoms. The normalized spacial score (nSPS) is 24.1. The van der Waals surface area contributed by atoms with E-state index in [0.717, 1.165) is 37.6 Å². The fraction of sp³-hybridized carbons (Fsp3) is 0.562. The Morgan fingerprint density at radius 3 is 2.68 bits per heavy atom. The molecule has 0 aliphatic carbocycles. The molecule has 134 valence electrons. The zero-order valence-electron chi connectivity index (χ0n) is 13.9. The highest BCUT2D eigenvalue weighted by Crippen LogP contribution is 2.41. The van der Waals surface area contributed by atoms with Gasteiger partial charge in [0, 0.05) is 56.7 Å². The fourth-order valence-corrected chi connectivity index (χ4v) is 3.75. The predicted octanol–water partition coefficient (Wildman–Crippen LogP) is 2.08. The minimum absolute atomic E-state index is 0.00738. The van der Waals surface area contributed by atoms with E-state index >= 15 is 0 Å². The molecule has 2 aromatic rings. The summed E-state index contributed by atoms with van der Waals surface area (Å²) >= 11 is 0. The average molecular weight is 352 g/mol. The van der Waals surface area contributed by atoms with Crippen molar-refractivity contribution in [3.8, 4) is 0 Å². The van der Waals surface area contributed by atoms with Crippen molar-refractivity contribution in [2.75, 3.05) is 24.5 Å². The summed E-state index contributed by atoms with van der Waals surface area (Å²) < 4.78 is 40.4. The van der Waals surface area contributed by atoms with Gasteiger partial charge in [-0.15, -0.1) is 0 Å². The van der Waals surface area contributed by atoms with Crippen molar-refractivity contribution in [3.05, 3.63) is 35.9 Å². The molecule has 1 atom stereocenters. The average Bonchev–Trinajstić information content (AvgIpc) is 3.19. The number of alkyl halides is 3. The number of rotatable bonds is 3. The topological polar surface area (TPSA) is 50.1 Å². The van der Waals surface area contributed by atoms with Crippen LogP contribution in [0.4, 0.5) is 19.1 Å². The van der Waals surface area contributed by atoms with Crippen molar-refractivity contribution in [2.45, 2.75) is 31.1 Å². The zero-order valence-corrected chi connectivity index (χ0v) is 13.9. The quantitative estimate of drug-likeness (QED) is 0.847. The lowest BCUT2D eigenvalue weighted by Gasteiger charge is -2.50. The first-order chi connectivity index (χ1) is 11.9. The Kier molecular flexibility index (Phi) is 3.71. The highest BCUT2D eigenvalue weighted by atomic mass is 19.4. The first kappa shape index (κ1) is 16.3. The molecule has 4 rings (SSSR count). The van der Waals surface area contributed by atoms with Gasteiger partial charge in [0.25, 0.3) is 0 Å². The standard InChI is InChI=1S/C16H19F3N6/c1-23-9-12(8-21-23)10-25-7-4-15(25)3-6-24(11-15)14-20-5-2-13(22-14)16(17,18)19/h2,5,8-9H,3-4,6-7,10-11H2,1H3/t15-/m1/s1. The number of likely N-dealkylation sites (tertiary alicyclic amines) is 1. The van der Waals surface area contributed by atoms with Gasteiger partial charge >= 0.3 is 6.18 Å². The van der Waals surface area contributed by atoms with Gasteiger partial charge in [-0.25, -0.2) is 9.97 Å². The number of anilines is 1. The van der Waals surface area contributed by atoms with Gasteiger partial charge in [-0.3, -0.25) is 9.58 Å². The smallest absolute Gasteiger partial charge is 0.339 e. The van der Waals surface area contributed by atoms with Crippen LogP contribution in [0.2, 0.25) is 0 Å². The van der Waals surface area contributed by atoms with E-state index in [0.29, 0.717) is 13.1 Å². The van der Waals surface area contributed by atoms with E-state index in [-0.39, 0.29) is 11.5 Å². The van der Waals surface area contributed by atoms with Gasteiger partial charge in [-0.1, -0.05) is 0 Å². The Hall–Kier alpha value is -2.16.